The predicted octanol–water partition coefficient (Wildman–Crippen LogP) is 0.726. The van der Waals surface area contributed by atoms with Gasteiger partial charge in [-0.25, -0.2) is 0 Å². The smallest absolute Gasteiger partial charge is 0.240 e. The summed E-state index contributed by atoms with van der Waals surface area (Å²) in [5.74, 6) is 1.06. The van der Waals surface area contributed by atoms with E-state index in [1.165, 1.54) is 32.5 Å². The van der Waals surface area contributed by atoms with Crippen LogP contribution in [0.2, 0.25) is 0 Å². The third-order valence-electron chi connectivity index (χ3n) is 5.48. The summed E-state index contributed by atoms with van der Waals surface area (Å²) in [7, 11) is 2.11. The van der Waals surface area contributed by atoms with Crippen molar-refractivity contribution >= 4 is 30.7 Å². The minimum atomic E-state index is -0.223. The highest BCUT2D eigenvalue weighted by Crippen LogP contribution is 2.30. The molecule has 1 spiro atoms. The lowest BCUT2D eigenvalue weighted by Crippen LogP contribution is -2.67. The van der Waals surface area contributed by atoms with Gasteiger partial charge in [0, 0.05) is 32.7 Å². The number of hydrogen-bond donors (Lipinski definition) is 2. The Morgan fingerprint density at radius 1 is 1.18 bits per heavy atom. The molecule has 3 fully saturated rings. The van der Waals surface area contributed by atoms with Gasteiger partial charge in [0.05, 0.1) is 0 Å². The first kappa shape index (κ1) is 20.0. The van der Waals surface area contributed by atoms with Gasteiger partial charge in [-0.15, -0.1) is 24.8 Å². The lowest BCUT2D eigenvalue weighted by Gasteiger charge is -2.49. The van der Waals surface area contributed by atoms with Gasteiger partial charge in [0.1, 0.15) is 5.54 Å². The van der Waals surface area contributed by atoms with Gasteiger partial charge in [0.2, 0.25) is 5.91 Å². The number of nitrogens with one attached hydrogen (secondary N) is 2. The number of carbonyl (C=O) groups excluding carboxylic acids is 1. The fourth-order valence-corrected chi connectivity index (χ4v) is 4.05. The van der Waals surface area contributed by atoms with Crippen molar-refractivity contribution in [2.75, 3.05) is 52.9 Å². The van der Waals surface area contributed by atoms with Crippen molar-refractivity contribution in [1.82, 2.24) is 20.4 Å². The van der Waals surface area contributed by atoms with E-state index in [1.54, 1.807) is 0 Å². The first-order valence-electron chi connectivity index (χ1n) is 8.13. The van der Waals surface area contributed by atoms with Crippen molar-refractivity contribution in [3.63, 3.8) is 0 Å². The number of piperidine rings is 2. The molecule has 2 N–H and O–H groups in total. The first-order valence-corrected chi connectivity index (χ1v) is 8.13. The van der Waals surface area contributed by atoms with Gasteiger partial charge >= 0.3 is 0 Å². The Labute approximate surface area is 146 Å². The summed E-state index contributed by atoms with van der Waals surface area (Å²) in [5, 5.41) is 6.56. The zero-order valence-electron chi connectivity index (χ0n) is 13.5. The molecule has 1 atom stereocenters. The summed E-state index contributed by atoms with van der Waals surface area (Å²) >= 11 is 0. The van der Waals surface area contributed by atoms with Crippen LogP contribution in [0, 0.1) is 5.92 Å². The van der Waals surface area contributed by atoms with Crippen molar-refractivity contribution in [2.45, 2.75) is 31.2 Å². The SMILES string of the molecule is CN1CCNC(=O)C12CCN(CC1CCCNC1)CC2.Cl.Cl. The molecule has 5 nitrogen and oxygen atoms in total. The fraction of sp³-hybridized carbons (Fsp3) is 0.933. The van der Waals surface area contributed by atoms with Crippen LogP contribution >= 0.6 is 24.8 Å². The monoisotopic (exact) mass is 352 g/mol. The quantitative estimate of drug-likeness (QED) is 0.768. The molecular formula is C15H30Cl2N4O. The highest BCUT2D eigenvalue weighted by atomic mass is 35.5. The number of nitrogens with zero attached hydrogens (tertiary/aromatic N) is 2. The Morgan fingerprint density at radius 2 is 1.91 bits per heavy atom. The Morgan fingerprint density at radius 3 is 2.50 bits per heavy atom. The van der Waals surface area contributed by atoms with Crippen LogP contribution in [0.3, 0.4) is 0 Å². The third kappa shape index (κ3) is 4.06. The molecule has 3 saturated heterocycles. The van der Waals surface area contributed by atoms with E-state index in [4.69, 9.17) is 0 Å². The predicted molar refractivity (Wildman–Crippen MR) is 94.1 cm³/mol. The van der Waals surface area contributed by atoms with Crippen LogP contribution in [-0.2, 0) is 4.79 Å². The van der Waals surface area contributed by atoms with E-state index >= 15 is 0 Å². The van der Waals surface area contributed by atoms with E-state index in [-0.39, 0.29) is 36.3 Å². The van der Waals surface area contributed by atoms with Crippen LogP contribution in [0.5, 0.6) is 0 Å². The van der Waals surface area contributed by atoms with Crippen molar-refractivity contribution < 1.29 is 4.79 Å². The zero-order valence-corrected chi connectivity index (χ0v) is 15.1. The molecule has 3 heterocycles. The van der Waals surface area contributed by atoms with Crippen LogP contribution in [0.4, 0.5) is 0 Å². The summed E-state index contributed by atoms with van der Waals surface area (Å²) in [4.78, 5) is 17.1. The first-order chi connectivity index (χ1) is 9.71. The van der Waals surface area contributed by atoms with E-state index in [1.807, 2.05) is 0 Å². The van der Waals surface area contributed by atoms with Crippen molar-refractivity contribution in [3.8, 4) is 0 Å². The third-order valence-corrected chi connectivity index (χ3v) is 5.48. The maximum Gasteiger partial charge on any atom is 0.240 e. The van der Waals surface area contributed by atoms with Gasteiger partial charge in [-0.1, -0.05) is 0 Å². The van der Waals surface area contributed by atoms with E-state index in [2.05, 4.69) is 27.5 Å². The molecule has 3 aliphatic heterocycles. The summed E-state index contributed by atoms with van der Waals surface area (Å²) in [6.45, 7) is 7.47. The van der Waals surface area contributed by atoms with E-state index in [9.17, 15) is 4.79 Å². The molecule has 3 rings (SSSR count). The average molecular weight is 353 g/mol. The molecule has 0 aromatic carbocycles. The lowest BCUT2D eigenvalue weighted by molar-refractivity contribution is -0.140. The second-order valence-corrected chi connectivity index (χ2v) is 6.72. The Balaban J connectivity index is 0.00000121. The molecule has 1 amide bonds. The van der Waals surface area contributed by atoms with Crippen molar-refractivity contribution in [2.24, 2.45) is 5.92 Å². The van der Waals surface area contributed by atoms with Crippen LogP contribution in [0.15, 0.2) is 0 Å². The molecule has 0 radical (unpaired) electrons. The van der Waals surface area contributed by atoms with E-state index in [0.717, 1.165) is 44.9 Å². The normalized spacial score (nSPS) is 29.3. The number of halogens is 2. The van der Waals surface area contributed by atoms with Gasteiger partial charge in [-0.3, -0.25) is 9.69 Å². The van der Waals surface area contributed by atoms with Crippen LogP contribution in [0.25, 0.3) is 0 Å². The molecule has 0 saturated carbocycles. The van der Waals surface area contributed by atoms with Crippen LogP contribution < -0.4 is 10.6 Å². The summed E-state index contributed by atoms with van der Waals surface area (Å²) in [5.41, 5.74) is -0.223. The maximum atomic E-state index is 12.3. The van der Waals surface area contributed by atoms with Crippen LogP contribution in [-0.4, -0.2) is 74.1 Å². The van der Waals surface area contributed by atoms with Crippen molar-refractivity contribution in [3.05, 3.63) is 0 Å². The van der Waals surface area contributed by atoms with Gasteiger partial charge < -0.3 is 15.5 Å². The van der Waals surface area contributed by atoms with E-state index < -0.39 is 0 Å². The molecule has 3 aliphatic rings. The largest absolute Gasteiger partial charge is 0.353 e. The number of rotatable bonds is 2. The minimum Gasteiger partial charge on any atom is -0.353 e. The highest BCUT2D eigenvalue weighted by molar-refractivity contribution is 5.87. The topological polar surface area (TPSA) is 47.6 Å². The van der Waals surface area contributed by atoms with Crippen molar-refractivity contribution in [1.29, 1.82) is 0 Å². The molecule has 0 aromatic heterocycles. The Bertz CT molecular complexity index is 355. The fourth-order valence-electron chi connectivity index (χ4n) is 4.05. The molecule has 0 bridgehead atoms. The number of likely N-dealkylation sites (N-methyl/N-ethyl adjacent to an activating group) is 1. The van der Waals surface area contributed by atoms with Gasteiger partial charge in [0.15, 0.2) is 0 Å². The van der Waals surface area contributed by atoms with Crippen LogP contribution in [0.1, 0.15) is 25.7 Å². The number of amides is 1. The number of likely N-dealkylation sites (tertiary alicyclic amines) is 1. The second kappa shape index (κ2) is 8.69. The molecular weight excluding hydrogens is 323 g/mol. The second-order valence-electron chi connectivity index (χ2n) is 6.72. The number of carbonyl (C=O) groups is 1. The van der Waals surface area contributed by atoms with Gasteiger partial charge in [-0.05, 0) is 51.7 Å². The molecule has 0 aromatic rings. The maximum absolute atomic E-state index is 12.3. The zero-order chi connectivity index (χ0) is 14.0. The lowest BCUT2D eigenvalue weighted by atomic mass is 9.83. The number of piperazine rings is 1. The number of hydrogen-bond acceptors (Lipinski definition) is 4. The Hall–Kier alpha value is -0.0700. The standard InChI is InChI=1S/C15H28N4O.2ClH/c1-18-10-7-17-14(20)15(18)4-8-19(9-5-15)12-13-3-2-6-16-11-13;;/h13,16H,2-12H2,1H3,(H,17,20);2*1H. The molecule has 130 valence electrons. The summed E-state index contributed by atoms with van der Waals surface area (Å²) in [6, 6.07) is 0. The van der Waals surface area contributed by atoms with E-state index in [0.29, 0.717) is 0 Å². The summed E-state index contributed by atoms with van der Waals surface area (Å²) in [6.07, 6.45) is 4.63. The molecule has 7 heteroatoms. The minimum absolute atomic E-state index is 0. The molecule has 1 unspecified atom stereocenters. The Kier molecular flexibility index (Phi) is 7.89. The molecule has 22 heavy (non-hydrogen) atoms. The van der Waals surface area contributed by atoms with Gasteiger partial charge in [0.25, 0.3) is 0 Å². The molecule has 0 aliphatic carbocycles. The summed E-state index contributed by atoms with van der Waals surface area (Å²) < 4.78 is 0. The average Bonchev–Trinajstić information content (AvgIpc) is 2.48. The highest BCUT2D eigenvalue weighted by Gasteiger charge is 2.46. The van der Waals surface area contributed by atoms with Gasteiger partial charge in [-0.2, -0.15) is 0 Å².